The van der Waals surface area contributed by atoms with Crippen LogP contribution >= 0.6 is 0 Å². The summed E-state index contributed by atoms with van der Waals surface area (Å²) in [5.41, 5.74) is 2.81. The Morgan fingerprint density at radius 2 is 1.93 bits per heavy atom. The van der Waals surface area contributed by atoms with Crippen LogP contribution in [0.3, 0.4) is 0 Å². The highest BCUT2D eigenvalue weighted by molar-refractivity contribution is 6.18. The van der Waals surface area contributed by atoms with Crippen molar-refractivity contribution >= 4 is 23.1 Å². The van der Waals surface area contributed by atoms with Crippen LogP contribution in [-0.2, 0) is 16.0 Å². The predicted molar refractivity (Wildman–Crippen MR) is 115 cm³/mol. The third-order valence-electron chi connectivity index (χ3n) is 6.58. The smallest absolute Gasteiger partial charge is 0.245 e. The number of fused-ring (bicyclic) bond motifs is 1. The van der Waals surface area contributed by atoms with E-state index in [0.29, 0.717) is 12.8 Å². The van der Waals surface area contributed by atoms with Crippen molar-refractivity contribution in [2.75, 3.05) is 18.5 Å². The van der Waals surface area contributed by atoms with Gasteiger partial charge in [0.15, 0.2) is 5.78 Å². The van der Waals surface area contributed by atoms with Crippen molar-refractivity contribution in [1.29, 1.82) is 0 Å². The molecule has 1 amide bonds. The molecule has 2 aromatic rings. The van der Waals surface area contributed by atoms with Gasteiger partial charge in [-0.3, -0.25) is 14.5 Å². The van der Waals surface area contributed by atoms with Gasteiger partial charge < -0.3 is 10.6 Å². The third-order valence-corrected chi connectivity index (χ3v) is 6.58. The topological polar surface area (TPSA) is 61.4 Å². The van der Waals surface area contributed by atoms with E-state index >= 15 is 0 Å². The number of anilines is 2. The minimum atomic E-state index is -1.06. The summed E-state index contributed by atoms with van der Waals surface area (Å²) in [6, 6.07) is 15.6. The van der Waals surface area contributed by atoms with E-state index in [1.165, 1.54) is 0 Å². The third kappa shape index (κ3) is 3.18. The van der Waals surface area contributed by atoms with Crippen LogP contribution in [0, 0.1) is 12.3 Å². The van der Waals surface area contributed by atoms with E-state index in [0.717, 1.165) is 35.5 Å². The summed E-state index contributed by atoms with van der Waals surface area (Å²) < 4.78 is 0. The Bertz CT molecular complexity index is 924. The highest BCUT2D eigenvalue weighted by atomic mass is 16.2. The van der Waals surface area contributed by atoms with Gasteiger partial charge >= 0.3 is 0 Å². The number of aryl methyl sites for hydroxylation is 1. The number of benzene rings is 2. The lowest BCUT2D eigenvalue weighted by molar-refractivity contribution is -0.142. The van der Waals surface area contributed by atoms with Crippen LogP contribution in [-0.4, -0.2) is 37.4 Å². The number of likely N-dealkylation sites (N-methyl/N-ethyl adjacent to an activating group) is 1. The zero-order valence-corrected chi connectivity index (χ0v) is 17.4. The van der Waals surface area contributed by atoms with Crippen LogP contribution in [0.5, 0.6) is 0 Å². The molecular formula is C24H29N3O2. The first-order chi connectivity index (χ1) is 14.0. The zero-order valence-electron chi connectivity index (χ0n) is 17.4. The van der Waals surface area contributed by atoms with Gasteiger partial charge in [0, 0.05) is 11.7 Å². The highest BCUT2D eigenvalue weighted by Crippen LogP contribution is 2.45. The summed E-state index contributed by atoms with van der Waals surface area (Å²) in [7, 11) is 1.88. The first kappa shape index (κ1) is 19.8. The molecule has 2 heterocycles. The quantitative estimate of drug-likeness (QED) is 0.769. The molecule has 5 nitrogen and oxygen atoms in total. The molecule has 3 atom stereocenters. The molecule has 0 spiro atoms. The number of amides is 1. The molecule has 0 aromatic heterocycles. The molecule has 1 saturated heterocycles. The van der Waals surface area contributed by atoms with Gasteiger partial charge in [-0.05, 0) is 63.5 Å². The van der Waals surface area contributed by atoms with Crippen molar-refractivity contribution in [1.82, 2.24) is 10.6 Å². The summed E-state index contributed by atoms with van der Waals surface area (Å²) in [5, 5.41) is 6.59. The minimum absolute atomic E-state index is 0.00784. The van der Waals surface area contributed by atoms with Gasteiger partial charge in [0.05, 0.1) is 11.7 Å². The molecule has 2 N–H and O–H groups in total. The highest BCUT2D eigenvalue weighted by Gasteiger charge is 2.54. The first-order valence-electron chi connectivity index (χ1n) is 10.5. The van der Waals surface area contributed by atoms with Crippen molar-refractivity contribution in [3.63, 3.8) is 0 Å². The largest absolute Gasteiger partial charge is 0.315 e. The van der Waals surface area contributed by atoms with E-state index < -0.39 is 5.41 Å². The number of carbonyl (C=O) groups excluding carboxylic acids is 2. The molecule has 2 aromatic carbocycles. The number of nitrogens with one attached hydrogen (secondary N) is 2. The number of Topliss-reactive ketones (excluding diaryl/α,β-unsaturated/α-hetero) is 1. The number of hydrogen-bond acceptors (Lipinski definition) is 4. The summed E-state index contributed by atoms with van der Waals surface area (Å²) in [4.78, 5) is 29.6. The fourth-order valence-corrected chi connectivity index (χ4v) is 4.78. The van der Waals surface area contributed by atoms with Crippen LogP contribution in [0.25, 0.3) is 0 Å². The molecule has 0 radical (unpaired) electrons. The second kappa shape index (κ2) is 7.73. The maximum Gasteiger partial charge on any atom is 0.245 e. The standard InChI is InChI=1S/C24H29N3O2/c1-4-24(22(28)21-19(25-3)13-14-26-21)15-17-7-5-6-8-20(17)27(23(24)29)18-11-9-16(2)10-12-18/h5-12,19,21,25-26H,4,13-15H2,1-3H3/t19?,21-,24?/m0/s1. The molecule has 2 aliphatic heterocycles. The van der Waals surface area contributed by atoms with Crippen LogP contribution < -0.4 is 15.5 Å². The van der Waals surface area contributed by atoms with E-state index in [-0.39, 0.29) is 23.8 Å². The second-order valence-electron chi connectivity index (χ2n) is 8.20. The second-order valence-corrected chi connectivity index (χ2v) is 8.20. The van der Waals surface area contributed by atoms with Gasteiger partial charge in [-0.1, -0.05) is 42.8 Å². The lowest BCUT2D eigenvalue weighted by Gasteiger charge is -2.43. The Kier molecular flexibility index (Phi) is 5.28. The van der Waals surface area contributed by atoms with E-state index in [9.17, 15) is 9.59 Å². The average Bonchev–Trinajstić information content (AvgIpc) is 3.22. The van der Waals surface area contributed by atoms with E-state index in [1.54, 1.807) is 4.90 Å². The number of rotatable bonds is 5. The normalized spacial score (nSPS) is 26.4. The van der Waals surface area contributed by atoms with E-state index in [1.807, 2.05) is 69.4 Å². The lowest BCUT2D eigenvalue weighted by atomic mass is 9.69. The number of nitrogens with zero attached hydrogens (tertiary/aromatic N) is 1. The molecular weight excluding hydrogens is 362 g/mol. The summed E-state index contributed by atoms with van der Waals surface area (Å²) >= 11 is 0. The van der Waals surface area contributed by atoms with Crippen molar-refractivity contribution < 1.29 is 9.59 Å². The van der Waals surface area contributed by atoms with Gasteiger partial charge in [0.25, 0.3) is 0 Å². The molecule has 29 heavy (non-hydrogen) atoms. The van der Waals surface area contributed by atoms with Crippen molar-refractivity contribution in [3.05, 3.63) is 59.7 Å². The maximum atomic E-state index is 14.0. The molecule has 0 bridgehead atoms. The van der Waals surface area contributed by atoms with Crippen molar-refractivity contribution in [3.8, 4) is 0 Å². The summed E-state index contributed by atoms with van der Waals surface area (Å²) in [6.07, 6.45) is 1.82. The van der Waals surface area contributed by atoms with E-state index in [4.69, 9.17) is 0 Å². The van der Waals surface area contributed by atoms with Crippen LogP contribution in [0.4, 0.5) is 11.4 Å². The Hall–Kier alpha value is -2.50. The zero-order chi connectivity index (χ0) is 20.6. The molecule has 0 aliphatic carbocycles. The van der Waals surface area contributed by atoms with Gasteiger partial charge in [-0.2, -0.15) is 0 Å². The van der Waals surface area contributed by atoms with Crippen molar-refractivity contribution in [2.45, 2.75) is 45.2 Å². The van der Waals surface area contributed by atoms with Gasteiger partial charge in [-0.25, -0.2) is 0 Å². The fraction of sp³-hybridized carbons (Fsp3) is 0.417. The fourth-order valence-electron chi connectivity index (χ4n) is 4.78. The Labute approximate surface area is 172 Å². The molecule has 0 saturated carbocycles. The van der Waals surface area contributed by atoms with E-state index in [2.05, 4.69) is 10.6 Å². The Balaban J connectivity index is 1.83. The summed E-state index contributed by atoms with van der Waals surface area (Å²) in [5.74, 6) is -0.107. The SMILES string of the molecule is CCC1(C(=O)[C@H]2NCCC2NC)Cc2ccccc2N(c2ccc(C)cc2)C1=O. The van der Waals surface area contributed by atoms with Crippen LogP contribution in [0.15, 0.2) is 48.5 Å². The molecule has 4 rings (SSSR count). The molecule has 152 valence electrons. The number of ketones is 1. The van der Waals surface area contributed by atoms with Gasteiger partial charge in [0.1, 0.15) is 5.41 Å². The molecule has 1 fully saturated rings. The van der Waals surface area contributed by atoms with Gasteiger partial charge in [0.2, 0.25) is 5.91 Å². The summed E-state index contributed by atoms with van der Waals surface area (Å²) in [6.45, 7) is 4.77. The van der Waals surface area contributed by atoms with Gasteiger partial charge in [-0.15, -0.1) is 0 Å². The first-order valence-corrected chi connectivity index (χ1v) is 10.5. The maximum absolute atomic E-state index is 14.0. The van der Waals surface area contributed by atoms with Crippen LogP contribution in [0.1, 0.15) is 30.9 Å². The van der Waals surface area contributed by atoms with Crippen molar-refractivity contribution in [2.24, 2.45) is 5.41 Å². The molecule has 2 unspecified atom stereocenters. The monoisotopic (exact) mass is 391 g/mol. The minimum Gasteiger partial charge on any atom is -0.315 e. The Morgan fingerprint density at radius 1 is 1.21 bits per heavy atom. The number of para-hydroxylation sites is 1. The number of hydrogen-bond donors (Lipinski definition) is 2. The predicted octanol–water partition coefficient (Wildman–Crippen LogP) is 3.13. The lowest BCUT2D eigenvalue weighted by Crippen LogP contribution is -2.59. The molecule has 2 aliphatic rings. The average molecular weight is 392 g/mol. The Morgan fingerprint density at radius 3 is 2.62 bits per heavy atom. The number of carbonyl (C=O) groups is 2. The van der Waals surface area contributed by atoms with Crippen LogP contribution in [0.2, 0.25) is 0 Å². The molecule has 5 heteroatoms.